The van der Waals surface area contributed by atoms with Gasteiger partial charge in [0.2, 0.25) is 0 Å². The van der Waals surface area contributed by atoms with Crippen LogP contribution in [0.2, 0.25) is 5.02 Å². The number of ether oxygens (including phenoxy) is 2. The van der Waals surface area contributed by atoms with Gasteiger partial charge in [-0.1, -0.05) is 16.8 Å². The first-order valence-electron chi connectivity index (χ1n) is 7.78. The molecule has 0 aliphatic carbocycles. The van der Waals surface area contributed by atoms with Gasteiger partial charge in [0.25, 0.3) is 0 Å². The third-order valence-corrected chi connectivity index (χ3v) is 4.41. The van der Waals surface area contributed by atoms with Crippen LogP contribution in [0.5, 0.6) is 5.75 Å². The monoisotopic (exact) mass is 361 g/mol. The van der Waals surface area contributed by atoms with Gasteiger partial charge in [0.15, 0.2) is 11.7 Å². The molecule has 1 aromatic heterocycles. The first kappa shape index (κ1) is 15.9. The van der Waals surface area contributed by atoms with Crippen LogP contribution in [-0.2, 0) is 16.0 Å². The number of carbonyl (C=O) groups excluding carboxylic acids is 1. The predicted octanol–water partition coefficient (Wildman–Crippen LogP) is 4.15. The Morgan fingerprint density at radius 3 is 2.88 bits per heavy atom. The fourth-order valence-electron chi connectivity index (χ4n) is 2.92. The highest BCUT2D eigenvalue weighted by Gasteiger charge is 2.34. The molecule has 2 aromatic carbocycles. The Morgan fingerprint density at radius 2 is 2.16 bits per heavy atom. The van der Waals surface area contributed by atoms with Crippen LogP contribution in [0.1, 0.15) is 12.5 Å². The molecule has 0 radical (unpaired) electrons. The van der Waals surface area contributed by atoms with E-state index in [0.29, 0.717) is 34.4 Å². The fraction of sp³-hybridized carbons (Fsp3) is 0.222. The van der Waals surface area contributed by atoms with Crippen LogP contribution < -0.4 is 4.74 Å². The van der Waals surface area contributed by atoms with Crippen LogP contribution in [0.25, 0.3) is 22.2 Å². The van der Waals surface area contributed by atoms with E-state index in [-0.39, 0.29) is 17.4 Å². The average Bonchev–Trinajstić information content (AvgIpc) is 3.21. The van der Waals surface area contributed by atoms with E-state index < -0.39 is 12.1 Å². The topological polar surface area (TPSA) is 61.6 Å². The van der Waals surface area contributed by atoms with Crippen LogP contribution in [0.4, 0.5) is 4.39 Å². The van der Waals surface area contributed by atoms with Gasteiger partial charge in [-0.3, -0.25) is 0 Å². The van der Waals surface area contributed by atoms with E-state index in [1.54, 1.807) is 19.1 Å². The van der Waals surface area contributed by atoms with Gasteiger partial charge >= 0.3 is 5.97 Å². The van der Waals surface area contributed by atoms with Crippen molar-refractivity contribution in [3.63, 3.8) is 0 Å². The maximum absolute atomic E-state index is 13.1. The van der Waals surface area contributed by atoms with Crippen molar-refractivity contribution in [2.75, 3.05) is 6.61 Å². The van der Waals surface area contributed by atoms with Crippen molar-refractivity contribution in [2.24, 2.45) is 0 Å². The van der Waals surface area contributed by atoms with Crippen molar-refractivity contribution in [1.29, 1.82) is 0 Å². The van der Waals surface area contributed by atoms with E-state index in [0.717, 1.165) is 5.56 Å². The minimum Gasteiger partial charge on any atom is -0.476 e. The first-order chi connectivity index (χ1) is 12.1. The highest BCUT2D eigenvalue weighted by atomic mass is 35.5. The lowest BCUT2D eigenvalue weighted by Crippen LogP contribution is -2.27. The van der Waals surface area contributed by atoms with Crippen molar-refractivity contribution in [1.82, 2.24) is 5.16 Å². The van der Waals surface area contributed by atoms with Crippen molar-refractivity contribution in [3.8, 4) is 17.0 Å². The SMILES string of the molecule is CCOC(=O)C1Cc2cc3c(-c4ccc(F)cc4)noc3c(Cl)c2O1. The predicted molar refractivity (Wildman–Crippen MR) is 89.2 cm³/mol. The Balaban J connectivity index is 1.78. The first-order valence-corrected chi connectivity index (χ1v) is 8.16. The molecule has 0 fully saturated rings. The van der Waals surface area contributed by atoms with E-state index in [9.17, 15) is 9.18 Å². The number of esters is 1. The van der Waals surface area contributed by atoms with E-state index in [4.69, 9.17) is 25.6 Å². The zero-order valence-corrected chi connectivity index (χ0v) is 14.0. The van der Waals surface area contributed by atoms with Gasteiger partial charge in [0.1, 0.15) is 22.3 Å². The lowest BCUT2D eigenvalue weighted by atomic mass is 10.0. The summed E-state index contributed by atoms with van der Waals surface area (Å²) in [6.45, 7) is 2.02. The summed E-state index contributed by atoms with van der Waals surface area (Å²) in [5.74, 6) is -0.349. The molecule has 0 saturated heterocycles. The molecule has 1 unspecified atom stereocenters. The van der Waals surface area contributed by atoms with Crippen LogP contribution in [0.15, 0.2) is 34.9 Å². The second-order valence-electron chi connectivity index (χ2n) is 5.66. The molecule has 25 heavy (non-hydrogen) atoms. The molecule has 1 aliphatic heterocycles. The number of fused-ring (bicyclic) bond motifs is 2. The van der Waals surface area contributed by atoms with Crippen LogP contribution in [0.3, 0.4) is 0 Å². The molecule has 1 atom stereocenters. The lowest BCUT2D eigenvalue weighted by molar-refractivity contribution is -0.150. The number of halogens is 2. The molecule has 0 spiro atoms. The Labute approximate surface area is 147 Å². The van der Waals surface area contributed by atoms with E-state index in [2.05, 4.69) is 5.16 Å². The summed E-state index contributed by atoms with van der Waals surface area (Å²) in [5, 5.41) is 5.00. The number of hydrogen-bond donors (Lipinski definition) is 0. The standard InChI is InChI=1S/C18H13ClFNO4/c1-2-23-18(22)13-8-10-7-12-15(9-3-5-11(20)6-4-9)21-25-17(12)14(19)16(10)24-13/h3-7,13H,2,8H2,1H3. The van der Waals surface area contributed by atoms with E-state index in [1.165, 1.54) is 12.1 Å². The van der Waals surface area contributed by atoms with E-state index in [1.807, 2.05) is 6.07 Å². The summed E-state index contributed by atoms with van der Waals surface area (Å²) in [4.78, 5) is 11.9. The molecular formula is C18H13ClFNO4. The normalized spacial score (nSPS) is 15.9. The second kappa shape index (κ2) is 6.04. The zero-order chi connectivity index (χ0) is 17.6. The molecule has 0 N–H and O–H groups in total. The maximum atomic E-state index is 13.1. The third-order valence-electron chi connectivity index (χ3n) is 4.07. The molecule has 0 amide bonds. The molecule has 1 aliphatic rings. The number of nitrogens with zero attached hydrogens (tertiary/aromatic N) is 1. The highest BCUT2D eigenvalue weighted by molar-refractivity contribution is 6.37. The van der Waals surface area contributed by atoms with Crippen molar-refractivity contribution in [2.45, 2.75) is 19.4 Å². The number of benzene rings is 2. The minimum absolute atomic E-state index is 0.264. The quantitative estimate of drug-likeness (QED) is 0.656. The van der Waals surface area contributed by atoms with Crippen molar-refractivity contribution < 1.29 is 23.2 Å². The van der Waals surface area contributed by atoms with Crippen LogP contribution in [-0.4, -0.2) is 23.8 Å². The molecule has 7 heteroatoms. The molecule has 5 nitrogen and oxygen atoms in total. The minimum atomic E-state index is -0.721. The van der Waals surface area contributed by atoms with Gasteiger partial charge < -0.3 is 14.0 Å². The number of hydrogen-bond acceptors (Lipinski definition) is 5. The highest BCUT2D eigenvalue weighted by Crippen LogP contribution is 2.44. The molecule has 0 bridgehead atoms. The third kappa shape index (κ3) is 2.62. The van der Waals surface area contributed by atoms with Crippen LogP contribution >= 0.6 is 11.6 Å². The van der Waals surface area contributed by atoms with Gasteiger partial charge in [-0.05, 0) is 37.3 Å². The fourth-order valence-corrected chi connectivity index (χ4v) is 3.22. The number of carbonyl (C=O) groups is 1. The Hall–Kier alpha value is -2.60. The van der Waals surface area contributed by atoms with Gasteiger partial charge in [0, 0.05) is 17.5 Å². The Bertz CT molecular complexity index is 967. The van der Waals surface area contributed by atoms with E-state index >= 15 is 0 Å². The molecule has 128 valence electrons. The van der Waals surface area contributed by atoms with Gasteiger partial charge in [-0.15, -0.1) is 0 Å². The lowest BCUT2D eigenvalue weighted by Gasteiger charge is -2.09. The summed E-state index contributed by atoms with van der Waals surface area (Å²) in [7, 11) is 0. The average molecular weight is 362 g/mol. The zero-order valence-electron chi connectivity index (χ0n) is 13.2. The van der Waals surface area contributed by atoms with Crippen molar-refractivity contribution in [3.05, 3.63) is 46.7 Å². The summed E-state index contributed by atoms with van der Waals surface area (Å²) in [6, 6.07) is 7.78. The molecular weight excluding hydrogens is 349 g/mol. The molecule has 0 saturated carbocycles. The summed E-state index contributed by atoms with van der Waals surface area (Å²) < 4.78 is 29.2. The summed E-state index contributed by atoms with van der Waals surface area (Å²) in [5.41, 5.74) is 2.41. The number of aromatic nitrogens is 1. The summed E-state index contributed by atoms with van der Waals surface area (Å²) in [6.07, 6.45) is -0.362. The molecule has 2 heterocycles. The smallest absolute Gasteiger partial charge is 0.347 e. The Kier molecular flexibility index (Phi) is 3.84. The van der Waals surface area contributed by atoms with Gasteiger partial charge in [-0.25, -0.2) is 9.18 Å². The van der Waals surface area contributed by atoms with Gasteiger partial charge in [-0.2, -0.15) is 0 Å². The number of rotatable bonds is 3. The van der Waals surface area contributed by atoms with Gasteiger partial charge in [0.05, 0.1) is 12.0 Å². The van der Waals surface area contributed by atoms with Crippen molar-refractivity contribution >= 4 is 28.5 Å². The largest absolute Gasteiger partial charge is 0.476 e. The molecule has 4 rings (SSSR count). The summed E-state index contributed by atoms with van der Waals surface area (Å²) >= 11 is 6.39. The second-order valence-corrected chi connectivity index (χ2v) is 6.03. The maximum Gasteiger partial charge on any atom is 0.347 e. The molecule has 3 aromatic rings. The Morgan fingerprint density at radius 1 is 1.40 bits per heavy atom. The van der Waals surface area contributed by atoms with Crippen LogP contribution in [0, 0.1) is 5.82 Å².